The summed E-state index contributed by atoms with van der Waals surface area (Å²) < 4.78 is 21.2. The van der Waals surface area contributed by atoms with Gasteiger partial charge in [0, 0.05) is 0 Å². The molecule has 2 aromatic carbocycles. The minimum Gasteiger partial charge on any atom is -0.422 e. The Hall–Kier alpha value is -3.59. The molecule has 0 bridgehead atoms. The molecule has 2 N–H and O–H groups in total. The van der Waals surface area contributed by atoms with Gasteiger partial charge in [-0.05, 0) is 36.8 Å². The Balaban J connectivity index is 1.97. The Kier molecular flexibility index (Phi) is 3.70. The van der Waals surface area contributed by atoms with Crippen LogP contribution < -0.4 is 10.5 Å². The molecule has 0 fully saturated rings. The maximum atomic E-state index is 13.8. The van der Waals surface area contributed by atoms with E-state index in [1.807, 2.05) is 37.3 Å². The topological polar surface area (TPSA) is 76.9 Å². The van der Waals surface area contributed by atoms with Crippen LogP contribution in [0.1, 0.15) is 22.7 Å². The lowest BCUT2D eigenvalue weighted by Gasteiger charge is -2.24. The molecule has 6 heteroatoms. The van der Waals surface area contributed by atoms with Crippen LogP contribution in [0.4, 0.5) is 4.39 Å². The third-order valence-corrected chi connectivity index (χ3v) is 4.42. The number of fused-ring (bicyclic) bond motifs is 1. The van der Waals surface area contributed by atoms with Crippen molar-refractivity contribution in [3.63, 3.8) is 0 Å². The number of hydrogen-bond donors (Lipinski definition) is 1. The number of nitrogens with zero attached hydrogens (tertiary/aromatic N) is 3. The number of halogens is 1. The van der Waals surface area contributed by atoms with E-state index in [1.165, 1.54) is 12.1 Å². The molecule has 0 saturated carbocycles. The van der Waals surface area contributed by atoms with Crippen LogP contribution in [-0.4, -0.2) is 9.78 Å². The number of rotatable bonds is 2. The van der Waals surface area contributed by atoms with Gasteiger partial charge in [-0.15, -0.1) is 0 Å². The molecule has 1 aliphatic rings. The number of hydrogen-bond acceptors (Lipinski definition) is 4. The first-order valence-corrected chi connectivity index (χ1v) is 8.08. The van der Waals surface area contributed by atoms with Gasteiger partial charge in [-0.2, -0.15) is 10.4 Å². The normalized spacial score (nSPS) is 16.0. The van der Waals surface area contributed by atoms with Crippen molar-refractivity contribution in [3.05, 3.63) is 88.7 Å². The van der Waals surface area contributed by atoms with Gasteiger partial charge in [0.1, 0.15) is 17.5 Å². The first-order valence-electron chi connectivity index (χ1n) is 8.08. The molecule has 5 nitrogen and oxygen atoms in total. The standard InChI is InChI=1S/C20H15FN4O/c1-12-17-18(13-6-5-7-14(21)10-13)16(11-22)19(23)26-20(17)25(24-12)15-8-3-2-4-9-15/h2-10,18H,23H2,1H3/t18-/m1/s1. The van der Waals surface area contributed by atoms with E-state index in [9.17, 15) is 9.65 Å². The van der Waals surface area contributed by atoms with Gasteiger partial charge in [-0.1, -0.05) is 30.3 Å². The summed E-state index contributed by atoms with van der Waals surface area (Å²) in [5.74, 6) is -0.456. The Morgan fingerprint density at radius 1 is 1.19 bits per heavy atom. The van der Waals surface area contributed by atoms with Gasteiger partial charge in [0.2, 0.25) is 11.8 Å². The summed E-state index contributed by atoms with van der Waals surface area (Å²) in [7, 11) is 0. The summed E-state index contributed by atoms with van der Waals surface area (Å²) >= 11 is 0. The van der Waals surface area contributed by atoms with Crippen LogP contribution in [0, 0.1) is 24.1 Å². The van der Waals surface area contributed by atoms with Crippen LogP contribution >= 0.6 is 0 Å². The van der Waals surface area contributed by atoms with E-state index in [0.717, 1.165) is 5.69 Å². The average molecular weight is 346 g/mol. The maximum absolute atomic E-state index is 13.8. The summed E-state index contributed by atoms with van der Waals surface area (Å²) in [6.07, 6.45) is 0. The predicted octanol–water partition coefficient (Wildman–Crippen LogP) is 3.54. The average Bonchev–Trinajstić information content (AvgIpc) is 2.97. The number of aromatic nitrogens is 2. The highest BCUT2D eigenvalue weighted by Crippen LogP contribution is 2.44. The van der Waals surface area contributed by atoms with Gasteiger partial charge in [0.05, 0.1) is 22.9 Å². The van der Waals surface area contributed by atoms with Crippen LogP contribution in [0.15, 0.2) is 66.1 Å². The molecule has 1 aromatic heterocycles. The predicted molar refractivity (Wildman–Crippen MR) is 94.0 cm³/mol. The van der Waals surface area contributed by atoms with Crippen LogP contribution in [0.2, 0.25) is 0 Å². The molecule has 26 heavy (non-hydrogen) atoms. The maximum Gasteiger partial charge on any atom is 0.229 e. The zero-order chi connectivity index (χ0) is 18.3. The Morgan fingerprint density at radius 3 is 2.65 bits per heavy atom. The number of aryl methyl sites for hydroxylation is 1. The molecule has 0 radical (unpaired) electrons. The van der Waals surface area contributed by atoms with E-state index in [-0.39, 0.29) is 17.3 Å². The van der Waals surface area contributed by atoms with E-state index in [2.05, 4.69) is 11.2 Å². The molecule has 0 unspecified atom stereocenters. The Labute approximate surface area is 149 Å². The van der Waals surface area contributed by atoms with Crippen molar-refractivity contribution in [2.75, 3.05) is 0 Å². The van der Waals surface area contributed by atoms with Crippen molar-refractivity contribution in [2.24, 2.45) is 5.73 Å². The summed E-state index contributed by atoms with van der Waals surface area (Å²) in [5.41, 5.74) is 9.12. The fourth-order valence-corrected chi connectivity index (χ4v) is 3.28. The minimum absolute atomic E-state index is 0.00587. The van der Waals surface area contributed by atoms with Crippen molar-refractivity contribution >= 4 is 0 Å². The van der Waals surface area contributed by atoms with Crippen LogP contribution in [0.3, 0.4) is 0 Å². The zero-order valence-electron chi connectivity index (χ0n) is 14.0. The molecular formula is C20H15FN4O. The van der Waals surface area contributed by atoms with Crippen molar-refractivity contribution < 1.29 is 9.13 Å². The van der Waals surface area contributed by atoms with Gasteiger partial charge in [0.25, 0.3) is 0 Å². The van der Waals surface area contributed by atoms with Crippen LogP contribution in [0.25, 0.3) is 5.69 Å². The molecule has 4 rings (SSSR count). The molecule has 3 aromatic rings. The van der Waals surface area contributed by atoms with Gasteiger partial charge < -0.3 is 10.5 Å². The highest BCUT2D eigenvalue weighted by molar-refractivity contribution is 5.57. The summed E-state index contributed by atoms with van der Waals surface area (Å²) in [5, 5.41) is 14.2. The fraction of sp³-hybridized carbons (Fsp3) is 0.100. The second-order valence-corrected chi connectivity index (χ2v) is 6.03. The number of nitriles is 1. The van der Waals surface area contributed by atoms with Crippen molar-refractivity contribution in [1.29, 1.82) is 5.26 Å². The highest BCUT2D eigenvalue weighted by atomic mass is 19.1. The molecule has 2 heterocycles. The second kappa shape index (κ2) is 6.05. The highest BCUT2D eigenvalue weighted by Gasteiger charge is 2.36. The Bertz CT molecular complexity index is 1060. The smallest absolute Gasteiger partial charge is 0.229 e. The molecule has 1 aliphatic heterocycles. The van der Waals surface area contributed by atoms with E-state index in [0.29, 0.717) is 22.7 Å². The number of para-hydroxylation sites is 1. The van der Waals surface area contributed by atoms with Crippen LogP contribution in [0.5, 0.6) is 5.88 Å². The second-order valence-electron chi connectivity index (χ2n) is 6.03. The largest absolute Gasteiger partial charge is 0.422 e. The van der Waals surface area contributed by atoms with Gasteiger partial charge in [-0.3, -0.25) is 0 Å². The van der Waals surface area contributed by atoms with Crippen molar-refractivity contribution in [2.45, 2.75) is 12.8 Å². The summed E-state index contributed by atoms with van der Waals surface area (Å²) in [4.78, 5) is 0. The van der Waals surface area contributed by atoms with E-state index < -0.39 is 5.92 Å². The van der Waals surface area contributed by atoms with Crippen molar-refractivity contribution in [3.8, 4) is 17.6 Å². The molecule has 0 aliphatic carbocycles. The fourth-order valence-electron chi connectivity index (χ4n) is 3.28. The number of benzene rings is 2. The summed E-state index contributed by atoms with van der Waals surface area (Å²) in [6, 6.07) is 17.8. The van der Waals surface area contributed by atoms with E-state index >= 15 is 0 Å². The van der Waals surface area contributed by atoms with Crippen LogP contribution in [-0.2, 0) is 0 Å². The van der Waals surface area contributed by atoms with Crippen molar-refractivity contribution in [1.82, 2.24) is 9.78 Å². The lowest BCUT2D eigenvalue weighted by Crippen LogP contribution is -2.22. The molecule has 0 saturated heterocycles. The Morgan fingerprint density at radius 2 is 1.96 bits per heavy atom. The van der Waals surface area contributed by atoms with Gasteiger partial charge in [-0.25, -0.2) is 9.07 Å². The quantitative estimate of drug-likeness (QED) is 0.770. The van der Waals surface area contributed by atoms with Gasteiger partial charge >= 0.3 is 0 Å². The van der Waals surface area contributed by atoms with Gasteiger partial charge in [0.15, 0.2) is 0 Å². The molecule has 128 valence electrons. The SMILES string of the molecule is Cc1nn(-c2ccccc2)c2c1[C@H](c1cccc(F)c1)C(C#N)=C(N)O2. The first-order chi connectivity index (χ1) is 12.6. The minimum atomic E-state index is -0.531. The first kappa shape index (κ1) is 15.9. The summed E-state index contributed by atoms with van der Waals surface area (Å²) in [6.45, 7) is 1.84. The number of nitrogens with two attached hydrogens (primary N) is 1. The number of ether oxygens (including phenoxy) is 1. The number of allylic oxidation sites excluding steroid dienone is 1. The molecule has 1 atom stereocenters. The third-order valence-electron chi connectivity index (χ3n) is 4.42. The van der Waals surface area contributed by atoms with E-state index in [1.54, 1.807) is 16.8 Å². The monoisotopic (exact) mass is 346 g/mol. The zero-order valence-corrected chi connectivity index (χ0v) is 14.0. The lowest BCUT2D eigenvalue weighted by atomic mass is 9.84. The molecular weight excluding hydrogens is 331 g/mol. The van der Waals surface area contributed by atoms with E-state index in [4.69, 9.17) is 10.5 Å². The third kappa shape index (κ3) is 2.42. The molecule has 0 spiro atoms. The molecule has 0 amide bonds. The lowest BCUT2D eigenvalue weighted by molar-refractivity contribution is 0.367.